The van der Waals surface area contributed by atoms with Crippen LogP contribution >= 0.6 is 0 Å². The maximum atomic E-state index is 11.6. The maximum absolute atomic E-state index is 11.6. The number of hydrogen-bond donors (Lipinski definition) is 1. The van der Waals surface area contributed by atoms with Gasteiger partial charge in [0.2, 0.25) is 0 Å². The molecule has 1 N–H and O–H groups in total. The summed E-state index contributed by atoms with van der Waals surface area (Å²) in [5.74, 6) is 0. The van der Waals surface area contributed by atoms with E-state index < -0.39 is 0 Å². The summed E-state index contributed by atoms with van der Waals surface area (Å²) in [7, 11) is 0. The van der Waals surface area contributed by atoms with Gasteiger partial charge in [0.15, 0.2) is 0 Å². The molecule has 0 spiro atoms. The predicted octanol–water partition coefficient (Wildman–Crippen LogP) is -0.546. The fourth-order valence-corrected chi connectivity index (χ4v) is 2.77. The molecule has 0 aromatic heterocycles. The molecule has 0 bridgehead atoms. The molecule has 2 aliphatic rings. The topological polar surface area (TPSA) is 65.5 Å². The van der Waals surface area contributed by atoms with Crippen molar-refractivity contribution >= 4 is 6.09 Å². The number of hydrogen-bond acceptors (Lipinski definition) is 6. The molecule has 0 saturated carbocycles. The molecule has 122 valence electrons. The van der Waals surface area contributed by atoms with Crippen molar-refractivity contribution in [2.75, 3.05) is 72.2 Å². The minimum Gasteiger partial charge on any atom is -0.450 e. The Labute approximate surface area is 126 Å². The van der Waals surface area contributed by atoms with E-state index in [1.165, 1.54) is 0 Å². The van der Waals surface area contributed by atoms with Crippen LogP contribution in [-0.4, -0.2) is 104 Å². The fourth-order valence-electron chi connectivity index (χ4n) is 2.77. The monoisotopic (exact) mass is 301 g/mol. The molecule has 1 amide bonds. The summed E-state index contributed by atoms with van der Waals surface area (Å²) in [5.41, 5.74) is 0. The highest BCUT2D eigenvalue weighted by Gasteiger charge is 2.24. The third-order valence-corrected chi connectivity index (χ3v) is 3.94. The Morgan fingerprint density at radius 1 is 1.10 bits per heavy atom. The third-order valence-electron chi connectivity index (χ3n) is 3.94. The van der Waals surface area contributed by atoms with Gasteiger partial charge in [0.05, 0.1) is 25.9 Å². The van der Waals surface area contributed by atoms with Crippen molar-refractivity contribution < 1.29 is 19.4 Å². The lowest BCUT2D eigenvalue weighted by atomic mass is 10.2. The van der Waals surface area contributed by atoms with Crippen molar-refractivity contribution in [1.29, 1.82) is 0 Å². The molecule has 1 atom stereocenters. The molecule has 0 radical (unpaired) electrons. The molecule has 0 aromatic carbocycles. The number of nitrogens with zero attached hydrogens (tertiary/aromatic N) is 3. The number of piperazine rings is 1. The van der Waals surface area contributed by atoms with Gasteiger partial charge in [-0.15, -0.1) is 0 Å². The average molecular weight is 301 g/mol. The van der Waals surface area contributed by atoms with Gasteiger partial charge >= 0.3 is 6.09 Å². The average Bonchev–Trinajstić information content (AvgIpc) is 2.49. The van der Waals surface area contributed by atoms with Gasteiger partial charge in [0, 0.05) is 52.4 Å². The Hall–Kier alpha value is -0.890. The molecular formula is C14H27N3O4. The van der Waals surface area contributed by atoms with Crippen LogP contribution in [0.1, 0.15) is 6.92 Å². The van der Waals surface area contributed by atoms with Crippen molar-refractivity contribution in [3.63, 3.8) is 0 Å². The normalized spacial score (nSPS) is 23.0. The first kappa shape index (κ1) is 16.5. The zero-order valence-corrected chi connectivity index (χ0v) is 12.9. The van der Waals surface area contributed by atoms with Crippen molar-refractivity contribution in [2.45, 2.75) is 13.0 Å². The molecule has 21 heavy (non-hydrogen) atoms. The summed E-state index contributed by atoms with van der Waals surface area (Å²) in [5, 5.41) is 10.2. The van der Waals surface area contributed by atoms with Gasteiger partial charge < -0.3 is 19.5 Å². The van der Waals surface area contributed by atoms with Crippen LogP contribution in [0, 0.1) is 0 Å². The molecule has 2 fully saturated rings. The number of carbonyl (C=O) groups excluding carboxylic acids is 1. The van der Waals surface area contributed by atoms with Gasteiger partial charge in [-0.05, 0) is 6.92 Å². The molecule has 0 aliphatic carbocycles. The van der Waals surface area contributed by atoms with E-state index in [9.17, 15) is 9.90 Å². The third kappa shape index (κ3) is 5.43. The smallest absolute Gasteiger partial charge is 0.409 e. The van der Waals surface area contributed by atoms with Gasteiger partial charge in [-0.3, -0.25) is 9.80 Å². The highest BCUT2D eigenvalue weighted by Crippen LogP contribution is 2.06. The van der Waals surface area contributed by atoms with Gasteiger partial charge in [-0.1, -0.05) is 0 Å². The van der Waals surface area contributed by atoms with Crippen LogP contribution in [0.2, 0.25) is 0 Å². The van der Waals surface area contributed by atoms with E-state index >= 15 is 0 Å². The van der Waals surface area contributed by atoms with E-state index in [0.29, 0.717) is 32.8 Å². The van der Waals surface area contributed by atoms with Gasteiger partial charge in [-0.25, -0.2) is 4.79 Å². The van der Waals surface area contributed by atoms with E-state index in [-0.39, 0.29) is 12.2 Å². The Morgan fingerprint density at radius 2 is 1.67 bits per heavy atom. The van der Waals surface area contributed by atoms with E-state index in [1.54, 1.807) is 4.90 Å². The quantitative estimate of drug-likeness (QED) is 0.735. The molecule has 0 unspecified atom stereocenters. The maximum Gasteiger partial charge on any atom is 0.409 e. The second-order valence-electron chi connectivity index (χ2n) is 5.55. The van der Waals surface area contributed by atoms with Gasteiger partial charge in [0.25, 0.3) is 0 Å². The number of amides is 1. The molecular weight excluding hydrogens is 274 g/mol. The summed E-state index contributed by atoms with van der Waals surface area (Å²) in [4.78, 5) is 17.8. The Morgan fingerprint density at radius 3 is 2.24 bits per heavy atom. The van der Waals surface area contributed by atoms with Crippen LogP contribution in [0.15, 0.2) is 0 Å². The first-order valence-electron chi connectivity index (χ1n) is 7.81. The first-order chi connectivity index (χ1) is 10.2. The van der Waals surface area contributed by atoms with Crippen LogP contribution in [-0.2, 0) is 9.47 Å². The van der Waals surface area contributed by atoms with E-state index in [1.807, 2.05) is 6.92 Å². The van der Waals surface area contributed by atoms with Crippen molar-refractivity contribution in [3.8, 4) is 0 Å². The highest BCUT2D eigenvalue weighted by molar-refractivity contribution is 5.67. The van der Waals surface area contributed by atoms with Gasteiger partial charge in [0.1, 0.15) is 0 Å². The van der Waals surface area contributed by atoms with Crippen molar-refractivity contribution in [1.82, 2.24) is 14.7 Å². The second kappa shape index (κ2) is 8.53. The van der Waals surface area contributed by atoms with Crippen molar-refractivity contribution in [2.24, 2.45) is 0 Å². The van der Waals surface area contributed by atoms with E-state index in [0.717, 1.165) is 39.4 Å². The lowest BCUT2D eigenvalue weighted by molar-refractivity contribution is 0.00242. The number of rotatable bonds is 5. The number of ether oxygens (including phenoxy) is 2. The summed E-state index contributed by atoms with van der Waals surface area (Å²) in [6, 6.07) is 0. The second-order valence-corrected chi connectivity index (χ2v) is 5.55. The number of morpholine rings is 1. The summed E-state index contributed by atoms with van der Waals surface area (Å²) in [6.07, 6.45) is -0.580. The van der Waals surface area contributed by atoms with Crippen LogP contribution in [0.3, 0.4) is 0 Å². The largest absolute Gasteiger partial charge is 0.450 e. The highest BCUT2D eigenvalue weighted by atomic mass is 16.6. The molecule has 7 nitrogen and oxygen atoms in total. The van der Waals surface area contributed by atoms with Crippen LogP contribution < -0.4 is 0 Å². The zero-order chi connectivity index (χ0) is 15.1. The summed E-state index contributed by atoms with van der Waals surface area (Å²) in [6.45, 7) is 9.81. The van der Waals surface area contributed by atoms with E-state index in [2.05, 4.69) is 9.80 Å². The lowest BCUT2D eigenvalue weighted by Gasteiger charge is -2.36. The molecule has 7 heteroatoms. The molecule has 2 aliphatic heterocycles. The molecule has 2 heterocycles. The number of β-amino-alcohol motifs (C(OH)–C–C–N with tert-alkyl or cyclic N) is 1. The van der Waals surface area contributed by atoms with E-state index in [4.69, 9.17) is 9.47 Å². The Bertz CT molecular complexity index is 315. The fraction of sp³-hybridized carbons (Fsp3) is 0.929. The minimum atomic E-state index is -0.350. The van der Waals surface area contributed by atoms with Crippen LogP contribution in [0.5, 0.6) is 0 Å². The molecule has 2 rings (SSSR count). The standard InChI is InChI=1S/C14H27N3O4/c1-2-21-14(19)17-5-3-15(4-6-17)11-13(18)12-16-7-9-20-10-8-16/h13,18H,2-12H2,1H3/t13-/m1/s1. The van der Waals surface area contributed by atoms with Crippen LogP contribution in [0.25, 0.3) is 0 Å². The Kier molecular flexibility index (Phi) is 6.69. The molecule has 2 saturated heterocycles. The number of aliphatic hydroxyl groups is 1. The molecule has 0 aromatic rings. The minimum absolute atomic E-state index is 0.231. The summed E-state index contributed by atoms with van der Waals surface area (Å²) >= 11 is 0. The lowest BCUT2D eigenvalue weighted by Crippen LogP contribution is -2.52. The first-order valence-corrected chi connectivity index (χ1v) is 7.81. The summed E-state index contributed by atoms with van der Waals surface area (Å²) < 4.78 is 10.3. The van der Waals surface area contributed by atoms with Crippen LogP contribution in [0.4, 0.5) is 4.79 Å². The Balaban J connectivity index is 1.64. The zero-order valence-electron chi connectivity index (χ0n) is 12.9. The number of carbonyl (C=O) groups is 1. The predicted molar refractivity (Wildman–Crippen MR) is 78.3 cm³/mol. The van der Waals surface area contributed by atoms with Crippen molar-refractivity contribution in [3.05, 3.63) is 0 Å². The SMILES string of the molecule is CCOC(=O)N1CCN(C[C@@H](O)CN2CCOCC2)CC1. The number of aliphatic hydroxyl groups excluding tert-OH is 1. The van der Waals surface area contributed by atoms with Gasteiger partial charge in [-0.2, -0.15) is 0 Å².